The third-order valence-electron chi connectivity index (χ3n) is 5.33. The molecule has 148 valence electrons. The van der Waals surface area contributed by atoms with E-state index in [-0.39, 0.29) is 5.91 Å². The smallest absolute Gasteiger partial charge is 0.256 e. The van der Waals surface area contributed by atoms with Gasteiger partial charge in [-0.05, 0) is 42.5 Å². The van der Waals surface area contributed by atoms with E-state index in [0.29, 0.717) is 0 Å². The molecule has 1 amide bonds. The Hall–Kier alpha value is -3.44. The Morgan fingerprint density at radius 3 is 2.13 bits per heavy atom. The van der Waals surface area contributed by atoms with E-state index in [1.54, 1.807) is 4.90 Å². The summed E-state index contributed by atoms with van der Waals surface area (Å²) in [4.78, 5) is 20.1. The Morgan fingerprint density at radius 1 is 0.800 bits per heavy atom. The number of amidine groups is 1. The van der Waals surface area contributed by atoms with Crippen molar-refractivity contribution in [2.24, 2.45) is 4.99 Å². The number of fused-ring (bicyclic) bond motifs is 3. The molecule has 0 saturated heterocycles. The molecule has 4 nitrogen and oxygen atoms in total. The minimum absolute atomic E-state index is 0.0501. The van der Waals surface area contributed by atoms with Crippen LogP contribution in [0.15, 0.2) is 89.1 Å². The van der Waals surface area contributed by atoms with E-state index >= 15 is 0 Å². The molecule has 0 fully saturated rings. The van der Waals surface area contributed by atoms with Crippen LogP contribution in [0, 0.1) is 0 Å². The van der Waals surface area contributed by atoms with Crippen LogP contribution in [-0.4, -0.2) is 19.8 Å². The Morgan fingerprint density at radius 2 is 1.43 bits per heavy atom. The van der Waals surface area contributed by atoms with Crippen molar-refractivity contribution in [2.75, 3.05) is 4.90 Å². The molecule has 3 aromatic rings. The number of carbonyl (C=O) groups is 1. The quantitative estimate of drug-likeness (QED) is 0.481. The SMILES string of the molecule is C[Si](C)(C)C1=C2C(=Nc3ccccc32)N(c2ccc(Oc3ccccc3)cc2)C1=O. The minimum atomic E-state index is -1.90. The first kappa shape index (κ1) is 18.6. The van der Waals surface area contributed by atoms with Gasteiger partial charge in [-0.3, -0.25) is 9.69 Å². The highest BCUT2D eigenvalue weighted by molar-refractivity contribution is 6.91. The molecular weight excluding hydrogens is 388 g/mol. The van der Waals surface area contributed by atoms with Gasteiger partial charge in [-0.1, -0.05) is 56.0 Å². The standard InChI is InChI=1S/C25H22N2O2Si/c1-30(2,3)23-22-20-11-7-8-12-21(20)26-24(22)27(25(23)28)17-13-15-19(16-14-17)29-18-9-5-4-6-10-18/h4-16H,1-3H3. The second-order valence-electron chi connectivity index (χ2n) is 8.50. The van der Waals surface area contributed by atoms with Crippen molar-refractivity contribution in [3.63, 3.8) is 0 Å². The molecule has 5 heteroatoms. The lowest BCUT2D eigenvalue weighted by molar-refractivity contribution is -0.113. The summed E-state index contributed by atoms with van der Waals surface area (Å²) in [5, 5.41) is 0.941. The second kappa shape index (κ2) is 6.81. The van der Waals surface area contributed by atoms with Crippen LogP contribution in [0.25, 0.3) is 5.57 Å². The van der Waals surface area contributed by atoms with Crippen molar-refractivity contribution in [1.29, 1.82) is 0 Å². The summed E-state index contributed by atoms with van der Waals surface area (Å²) < 4.78 is 5.90. The molecule has 2 heterocycles. The Kier molecular flexibility index (Phi) is 4.22. The lowest BCUT2D eigenvalue weighted by Crippen LogP contribution is -2.36. The van der Waals surface area contributed by atoms with Crippen LogP contribution in [-0.2, 0) is 4.79 Å². The molecule has 30 heavy (non-hydrogen) atoms. The van der Waals surface area contributed by atoms with Gasteiger partial charge in [-0.2, -0.15) is 0 Å². The molecule has 0 N–H and O–H groups in total. The van der Waals surface area contributed by atoms with Crippen LogP contribution in [0.4, 0.5) is 11.4 Å². The van der Waals surface area contributed by atoms with Crippen LogP contribution >= 0.6 is 0 Å². The number of ether oxygens (including phenoxy) is 1. The highest BCUT2D eigenvalue weighted by atomic mass is 28.3. The molecule has 3 aromatic carbocycles. The number of rotatable bonds is 4. The lowest BCUT2D eigenvalue weighted by atomic mass is 10.1. The van der Waals surface area contributed by atoms with Gasteiger partial charge in [0.1, 0.15) is 17.3 Å². The number of hydrogen-bond acceptors (Lipinski definition) is 3. The fourth-order valence-electron chi connectivity index (χ4n) is 4.02. The van der Waals surface area contributed by atoms with Gasteiger partial charge < -0.3 is 4.74 Å². The van der Waals surface area contributed by atoms with Gasteiger partial charge in [-0.25, -0.2) is 4.99 Å². The molecule has 0 atom stereocenters. The van der Waals surface area contributed by atoms with Crippen LogP contribution < -0.4 is 9.64 Å². The molecule has 0 aliphatic carbocycles. The van der Waals surface area contributed by atoms with Gasteiger partial charge in [0.05, 0.1) is 19.4 Å². The van der Waals surface area contributed by atoms with E-state index in [2.05, 4.69) is 25.7 Å². The monoisotopic (exact) mass is 410 g/mol. The van der Waals surface area contributed by atoms with Crippen LogP contribution in [0.5, 0.6) is 11.5 Å². The maximum atomic E-state index is 13.5. The summed E-state index contributed by atoms with van der Waals surface area (Å²) in [5.41, 5.74) is 3.81. The summed E-state index contributed by atoms with van der Waals surface area (Å²) in [7, 11) is -1.90. The number of hydrogen-bond donors (Lipinski definition) is 0. The lowest BCUT2D eigenvalue weighted by Gasteiger charge is -2.21. The maximum absolute atomic E-state index is 13.5. The van der Waals surface area contributed by atoms with Gasteiger partial charge in [0.15, 0.2) is 0 Å². The molecule has 2 aliphatic heterocycles. The van der Waals surface area contributed by atoms with Crippen LogP contribution in [0.3, 0.4) is 0 Å². The highest BCUT2D eigenvalue weighted by Gasteiger charge is 2.45. The first-order valence-corrected chi connectivity index (χ1v) is 13.5. The second-order valence-corrected chi connectivity index (χ2v) is 13.5. The number of amides is 1. The molecule has 0 unspecified atom stereocenters. The fourth-order valence-corrected chi connectivity index (χ4v) is 5.77. The normalized spacial score (nSPS) is 15.2. The predicted octanol–water partition coefficient (Wildman–Crippen LogP) is 6.20. The highest BCUT2D eigenvalue weighted by Crippen LogP contribution is 2.45. The van der Waals surface area contributed by atoms with E-state index < -0.39 is 8.07 Å². The zero-order chi connectivity index (χ0) is 20.9. The van der Waals surface area contributed by atoms with Gasteiger partial charge in [-0.15, -0.1) is 0 Å². The molecule has 0 aromatic heterocycles. The number of aliphatic imine (C=N–C) groups is 1. The molecular formula is C25H22N2O2Si. The number of anilines is 1. The van der Waals surface area contributed by atoms with Crippen molar-refractivity contribution in [3.05, 3.63) is 89.6 Å². The van der Waals surface area contributed by atoms with E-state index in [1.165, 1.54) is 0 Å². The van der Waals surface area contributed by atoms with Gasteiger partial charge in [0, 0.05) is 16.3 Å². The van der Waals surface area contributed by atoms with Crippen LogP contribution in [0.1, 0.15) is 5.56 Å². The summed E-state index contributed by atoms with van der Waals surface area (Å²) in [6, 6.07) is 25.4. The number of carbonyl (C=O) groups excluding carboxylic acids is 1. The average molecular weight is 411 g/mol. The van der Waals surface area contributed by atoms with Crippen LogP contribution in [0.2, 0.25) is 19.6 Å². The van der Waals surface area contributed by atoms with Crippen molar-refractivity contribution >= 4 is 36.8 Å². The molecule has 5 rings (SSSR count). The maximum Gasteiger partial charge on any atom is 0.256 e. The van der Waals surface area contributed by atoms with E-state index in [4.69, 9.17) is 9.73 Å². The van der Waals surface area contributed by atoms with Crippen molar-refractivity contribution < 1.29 is 9.53 Å². The molecule has 2 aliphatic rings. The topological polar surface area (TPSA) is 41.9 Å². The zero-order valence-corrected chi connectivity index (χ0v) is 18.2. The largest absolute Gasteiger partial charge is 0.457 e. The molecule has 0 spiro atoms. The van der Waals surface area contributed by atoms with Crippen molar-refractivity contribution in [2.45, 2.75) is 19.6 Å². The summed E-state index contributed by atoms with van der Waals surface area (Å²) in [5.74, 6) is 2.31. The number of nitrogens with zero attached hydrogens (tertiary/aromatic N) is 2. The average Bonchev–Trinajstić information content (AvgIpc) is 3.22. The Bertz CT molecular complexity index is 1210. The van der Waals surface area contributed by atoms with Gasteiger partial charge in [0.2, 0.25) is 0 Å². The summed E-state index contributed by atoms with van der Waals surface area (Å²) >= 11 is 0. The predicted molar refractivity (Wildman–Crippen MR) is 124 cm³/mol. The molecule has 0 bridgehead atoms. The fraction of sp³-hybridized carbons (Fsp3) is 0.120. The number of benzene rings is 3. The van der Waals surface area contributed by atoms with E-state index in [0.717, 1.165) is 45.0 Å². The Labute approximate surface area is 177 Å². The third-order valence-corrected chi connectivity index (χ3v) is 7.29. The Balaban J connectivity index is 1.53. The van der Waals surface area contributed by atoms with Crippen molar-refractivity contribution in [3.8, 4) is 11.5 Å². The first-order valence-electron chi connectivity index (χ1n) is 10.0. The van der Waals surface area contributed by atoms with Gasteiger partial charge >= 0.3 is 0 Å². The summed E-state index contributed by atoms with van der Waals surface area (Å²) in [6.45, 7) is 6.64. The zero-order valence-electron chi connectivity index (χ0n) is 17.2. The molecule has 0 radical (unpaired) electrons. The minimum Gasteiger partial charge on any atom is -0.457 e. The van der Waals surface area contributed by atoms with Gasteiger partial charge in [0.25, 0.3) is 5.91 Å². The first-order chi connectivity index (χ1) is 14.4. The number of para-hydroxylation sites is 2. The molecule has 0 saturated carbocycles. The van der Waals surface area contributed by atoms with E-state index in [1.807, 2.05) is 72.8 Å². The summed E-state index contributed by atoms with van der Waals surface area (Å²) in [6.07, 6.45) is 0. The van der Waals surface area contributed by atoms with E-state index in [9.17, 15) is 4.79 Å². The third kappa shape index (κ3) is 2.99. The van der Waals surface area contributed by atoms with Crippen molar-refractivity contribution in [1.82, 2.24) is 0 Å².